The van der Waals surface area contributed by atoms with Gasteiger partial charge in [0.25, 0.3) is 5.69 Å². The summed E-state index contributed by atoms with van der Waals surface area (Å²) >= 11 is 0. The number of carbonyl (C=O) groups is 2. The highest BCUT2D eigenvalue weighted by Crippen LogP contribution is 2.34. The van der Waals surface area contributed by atoms with Crippen molar-refractivity contribution in [2.24, 2.45) is 0 Å². The second-order valence-electron chi connectivity index (χ2n) is 6.29. The van der Waals surface area contributed by atoms with Gasteiger partial charge in [0, 0.05) is 29.5 Å². The molecule has 28 heavy (non-hydrogen) atoms. The van der Waals surface area contributed by atoms with E-state index < -0.39 is 4.92 Å². The maximum Gasteiger partial charge on any atom is 0.269 e. The number of aromatic nitrogens is 1. The monoisotopic (exact) mass is 370 g/mol. The summed E-state index contributed by atoms with van der Waals surface area (Å²) in [7, 11) is 0. The number of benzene rings is 2. The topological polar surface area (TPSA) is 81.7 Å². The van der Waals surface area contributed by atoms with Crippen LogP contribution in [-0.4, -0.2) is 21.9 Å². The Morgan fingerprint density at radius 1 is 0.821 bits per heavy atom. The molecule has 0 fully saturated rings. The molecule has 0 aliphatic heterocycles. The summed E-state index contributed by atoms with van der Waals surface area (Å²) in [5, 5.41) is 11.0. The number of rotatable bonds is 5. The highest BCUT2D eigenvalue weighted by Gasteiger charge is 2.16. The SMILES string of the molecule is O=Cc1cc(C=O)n2cc(-c3ccccc3)cc(-c3ccc([N+](=O)[O-])cc3)c12. The number of nitrogens with zero attached hydrogens (tertiary/aromatic N) is 2. The summed E-state index contributed by atoms with van der Waals surface area (Å²) in [5.74, 6) is 0. The predicted octanol–water partition coefficient (Wildman–Crippen LogP) is 4.81. The summed E-state index contributed by atoms with van der Waals surface area (Å²) in [5.41, 5.74) is 4.55. The molecule has 2 aromatic carbocycles. The lowest BCUT2D eigenvalue weighted by atomic mass is 9.99. The van der Waals surface area contributed by atoms with E-state index in [9.17, 15) is 19.7 Å². The largest absolute Gasteiger partial charge is 0.312 e. The molecule has 0 atom stereocenters. The quantitative estimate of drug-likeness (QED) is 0.287. The van der Waals surface area contributed by atoms with Gasteiger partial charge in [0.15, 0.2) is 12.6 Å². The van der Waals surface area contributed by atoms with Gasteiger partial charge in [-0.15, -0.1) is 0 Å². The lowest BCUT2D eigenvalue weighted by Crippen LogP contribution is -1.96. The molecule has 0 aliphatic rings. The van der Waals surface area contributed by atoms with Crippen LogP contribution in [-0.2, 0) is 0 Å². The number of hydrogen-bond acceptors (Lipinski definition) is 4. The number of hydrogen-bond donors (Lipinski definition) is 0. The molecule has 0 saturated heterocycles. The van der Waals surface area contributed by atoms with E-state index in [-0.39, 0.29) is 5.69 Å². The zero-order chi connectivity index (χ0) is 19.7. The first-order chi connectivity index (χ1) is 13.6. The molecule has 0 unspecified atom stereocenters. The minimum atomic E-state index is -0.460. The molecule has 2 heterocycles. The van der Waals surface area contributed by atoms with Crippen molar-refractivity contribution in [3.05, 3.63) is 94.3 Å². The zero-order valence-corrected chi connectivity index (χ0v) is 14.6. The second-order valence-corrected chi connectivity index (χ2v) is 6.29. The minimum absolute atomic E-state index is 0.0152. The highest BCUT2D eigenvalue weighted by molar-refractivity contribution is 5.99. The molecule has 136 valence electrons. The summed E-state index contributed by atoms with van der Waals surface area (Å²) in [4.78, 5) is 33.7. The first-order valence-electron chi connectivity index (χ1n) is 8.52. The molecule has 2 aromatic heterocycles. The third-order valence-corrected chi connectivity index (χ3v) is 4.66. The molecule has 0 amide bonds. The average Bonchev–Trinajstić information content (AvgIpc) is 3.11. The fraction of sp³-hybridized carbons (Fsp3) is 0. The molecule has 0 radical (unpaired) electrons. The first kappa shape index (κ1) is 17.4. The van der Waals surface area contributed by atoms with Gasteiger partial charge in [-0.25, -0.2) is 0 Å². The number of nitro groups is 1. The standard InChI is InChI=1S/C22H14N2O4/c25-13-18-10-20(14-26)23-12-17(15-4-2-1-3-5-15)11-21(22(18)23)16-6-8-19(9-7-16)24(27)28/h1-14H. The highest BCUT2D eigenvalue weighted by atomic mass is 16.6. The van der Waals surface area contributed by atoms with Gasteiger partial charge in [0.05, 0.1) is 16.1 Å². The summed E-state index contributed by atoms with van der Waals surface area (Å²) in [6.45, 7) is 0. The Balaban J connectivity index is 2.04. The van der Waals surface area contributed by atoms with E-state index in [2.05, 4.69) is 0 Å². The average molecular weight is 370 g/mol. The third-order valence-electron chi connectivity index (χ3n) is 4.66. The number of carbonyl (C=O) groups excluding carboxylic acids is 2. The van der Waals surface area contributed by atoms with E-state index in [1.54, 1.807) is 22.6 Å². The van der Waals surface area contributed by atoms with Gasteiger partial charge in [0.2, 0.25) is 0 Å². The van der Waals surface area contributed by atoms with E-state index in [4.69, 9.17) is 0 Å². The van der Waals surface area contributed by atoms with Crippen LogP contribution < -0.4 is 0 Å². The molecule has 0 saturated carbocycles. The Hall–Kier alpha value is -4.06. The first-order valence-corrected chi connectivity index (χ1v) is 8.52. The number of nitro benzene ring substituents is 1. The Bertz CT molecular complexity index is 1210. The maximum absolute atomic E-state index is 11.6. The molecule has 6 nitrogen and oxygen atoms in total. The Morgan fingerprint density at radius 2 is 1.54 bits per heavy atom. The third kappa shape index (κ3) is 2.87. The van der Waals surface area contributed by atoms with Crippen molar-refractivity contribution < 1.29 is 14.5 Å². The Morgan fingerprint density at radius 3 is 2.14 bits per heavy atom. The number of non-ortho nitro benzene ring substituents is 1. The van der Waals surface area contributed by atoms with Gasteiger partial charge in [0.1, 0.15) is 0 Å². The van der Waals surface area contributed by atoms with Crippen molar-refractivity contribution >= 4 is 23.8 Å². The normalized spacial score (nSPS) is 10.7. The maximum atomic E-state index is 11.6. The predicted molar refractivity (Wildman–Crippen MR) is 106 cm³/mol. The van der Waals surface area contributed by atoms with Gasteiger partial charge < -0.3 is 4.40 Å². The molecule has 0 aliphatic carbocycles. The van der Waals surface area contributed by atoms with Crippen molar-refractivity contribution in [3.8, 4) is 22.3 Å². The van der Waals surface area contributed by atoms with Crippen molar-refractivity contribution in [1.29, 1.82) is 0 Å². The van der Waals surface area contributed by atoms with E-state index in [0.717, 1.165) is 11.1 Å². The van der Waals surface area contributed by atoms with Crippen LogP contribution in [0.3, 0.4) is 0 Å². The lowest BCUT2D eigenvalue weighted by molar-refractivity contribution is -0.384. The van der Waals surface area contributed by atoms with Crippen LogP contribution in [0.25, 0.3) is 27.8 Å². The van der Waals surface area contributed by atoms with Crippen LogP contribution in [0.15, 0.2) is 72.9 Å². The van der Waals surface area contributed by atoms with Crippen LogP contribution in [0.4, 0.5) is 5.69 Å². The molecule has 6 heteroatoms. The van der Waals surface area contributed by atoms with Crippen LogP contribution in [0.2, 0.25) is 0 Å². The molecule has 0 N–H and O–H groups in total. The second kappa shape index (κ2) is 6.92. The molecule has 0 spiro atoms. The van der Waals surface area contributed by atoms with E-state index in [0.29, 0.717) is 40.5 Å². The molecular weight excluding hydrogens is 356 g/mol. The fourth-order valence-corrected chi connectivity index (χ4v) is 3.34. The summed E-state index contributed by atoms with van der Waals surface area (Å²) in [6.07, 6.45) is 3.23. The fourth-order valence-electron chi connectivity index (χ4n) is 3.34. The summed E-state index contributed by atoms with van der Waals surface area (Å²) in [6, 6.07) is 19.2. The Kier molecular flexibility index (Phi) is 4.29. The van der Waals surface area contributed by atoms with E-state index >= 15 is 0 Å². The molecule has 4 aromatic rings. The molecule has 4 rings (SSSR count). The Labute approximate surface area is 159 Å². The van der Waals surface area contributed by atoms with Crippen LogP contribution in [0, 0.1) is 10.1 Å². The lowest BCUT2D eigenvalue weighted by Gasteiger charge is -2.11. The van der Waals surface area contributed by atoms with E-state index in [1.165, 1.54) is 12.1 Å². The van der Waals surface area contributed by atoms with Crippen molar-refractivity contribution in [3.63, 3.8) is 0 Å². The van der Waals surface area contributed by atoms with Crippen molar-refractivity contribution in [1.82, 2.24) is 4.40 Å². The smallest absolute Gasteiger partial charge is 0.269 e. The van der Waals surface area contributed by atoms with Crippen LogP contribution in [0.1, 0.15) is 20.8 Å². The summed E-state index contributed by atoms with van der Waals surface area (Å²) < 4.78 is 1.69. The van der Waals surface area contributed by atoms with Gasteiger partial charge in [-0.3, -0.25) is 19.7 Å². The van der Waals surface area contributed by atoms with Crippen molar-refractivity contribution in [2.75, 3.05) is 0 Å². The molecule has 0 bridgehead atoms. The number of pyridine rings is 1. The van der Waals surface area contributed by atoms with Gasteiger partial charge in [-0.05, 0) is 41.0 Å². The van der Waals surface area contributed by atoms with Crippen LogP contribution >= 0.6 is 0 Å². The minimum Gasteiger partial charge on any atom is -0.312 e. The number of fused-ring (bicyclic) bond motifs is 1. The zero-order valence-electron chi connectivity index (χ0n) is 14.6. The van der Waals surface area contributed by atoms with Gasteiger partial charge in [-0.1, -0.05) is 30.3 Å². The van der Waals surface area contributed by atoms with Gasteiger partial charge >= 0.3 is 0 Å². The van der Waals surface area contributed by atoms with E-state index in [1.807, 2.05) is 42.6 Å². The molecular formula is C22H14N2O4. The van der Waals surface area contributed by atoms with Crippen molar-refractivity contribution in [2.45, 2.75) is 0 Å². The van der Waals surface area contributed by atoms with Gasteiger partial charge in [-0.2, -0.15) is 0 Å². The van der Waals surface area contributed by atoms with Crippen LogP contribution in [0.5, 0.6) is 0 Å². The number of aldehydes is 2.